The van der Waals surface area contributed by atoms with Crippen molar-refractivity contribution < 1.29 is 22.3 Å². The van der Waals surface area contributed by atoms with Crippen LogP contribution in [0.5, 0.6) is 11.6 Å². The van der Waals surface area contributed by atoms with Gasteiger partial charge in [-0.3, -0.25) is 0 Å². The minimum Gasteiger partial charge on any atom is -0.436 e. The number of aromatic nitrogens is 1. The predicted octanol–water partition coefficient (Wildman–Crippen LogP) is 5.45. The lowest BCUT2D eigenvalue weighted by Crippen LogP contribution is -2.05. The maximum Gasteiger partial charge on any atom is 0.417 e. The highest BCUT2D eigenvalue weighted by Gasteiger charge is 2.31. The monoisotopic (exact) mass is 369 g/mol. The summed E-state index contributed by atoms with van der Waals surface area (Å²) in [5.74, 6) is -0.511. The Labute approximate surface area is 124 Å². The highest BCUT2D eigenvalue weighted by atomic mass is 79.9. The van der Waals surface area contributed by atoms with Crippen molar-refractivity contribution in [3.8, 4) is 11.6 Å². The molecule has 0 saturated heterocycles. The first-order valence-electron chi connectivity index (χ1n) is 5.13. The molecule has 2 nitrogen and oxygen atoms in total. The van der Waals surface area contributed by atoms with E-state index in [1.807, 2.05) is 0 Å². The van der Waals surface area contributed by atoms with Crippen LogP contribution < -0.4 is 4.74 Å². The average molecular weight is 371 g/mol. The van der Waals surface area contributed by atoms with Crippen LogP contribution in [0.3, 0.4) is 0 Å². The predicted molar refractivity (Wildman–Crippen MR) is 68.4 cm³/mol. The average Bonchev–Trinajstić information content (AvgIpc) is 2.33. The molecular weight excluding hydrogens is 365 g/mol. The van der Waals surface area contributed by atoms with E-state index < -0.39 is 17.6 Å². The van der Waals surface area contributed by atoms with Gasteiger partial charge in [-0.1, -0.05) is 11.6 Å². The molecule has 0 aliphatic heterocycles. The van der Waals surface area contributed by atoms with Crippen LogP contribution in [-0.2, 0) is 6.18 Å². The Balaban J connectivity index is 2.30. The molecule has 0 aliphatic rings. The summed E-state index contributed by atoms with van der Waals surface area (Å²) in [6.07, 6.45) is -3.93. The van der Waals surface area contributed by atoms with Gasteiger partial charge in [-0.2, -0.15) is 13.2 Å². The van der Waals surface area contributed by atoms with Gasteiger partial charge in [0.2, 0.25) is 5.88 Å². The standard InChI is InChI=1S/C12H5BrClF4NO/c13-8-4-7(15)1-2-10(8)20-11-9(14)3-6(5-19-11)12(16,17)18/h1-5H. The van der Waals surface area contributed by atoms with E-state index in [-0.39, 0.29) is 21.1 Å². The van der Waals surface area contributed by atoms with Crippen molar-refractivity contribution in [3.05, 3.63) is 51.3 Å². The molecule has 106 valence electrons. The smallest absolute Gasteiger partial charge is 0.417 e. The molecule has 0 aliphatic carbocycles. The number of hydrogen-bond acceptors (Lipinski definition) is 2. The molecule has 0 N–H and O–H groups in total. The second-order valence-electron chi connectivity index (χ2n) is 3.69. The highest BCUT2D eigenvalue weighted by Crippen LogP contribution is 2.36. The number of nitrogens with zero attached hydrogens (tertiary/aromatic N) is 1. The minimum absolute atomic E-state index is 0.181. The van der Waals surface area contributed by atoms with E-state index in [9.17, 15) is 17.6 Å². The SMILES string of the molecule is Fc1ccc(Oc2ncc(C(F)(F)F)cc2Cl)c(Br)c1. The van der Waals surface area contributed by atoms with Crippen LogP contribution in [-0.4, -0.2) is 4.98 Å². The molecule has 0 bridgehead atoms. The molecule has 0 saturated carbocycles. The lowest BCUT2D eigenvalue weighted by atomic mass is 10.3. The molecule has 1 aromatic heterocycles. The third-order valence-electron chi connectivity index (χ3n) is 2.24. The van der Waals surface area contributed by atoms with Gasteiger partial charge in [0.1, 0.15) is 16.6 Å². The summed E-state index contributed by atoms with van der Waals surface area (Å²) in [5.41, 5.74) is -0.979. The fourth-order valence-electron chi connectivity index (χ4n) is 1.32. The van der Waals surface area contributed by atoms with E-state index in [1.54, 1.807) is 0 Å². The topological polar surface area (TPSA) is 22.1 Å². The van der Waals surface area contributed by atoms with Crippen LogP contribution in [0.15, 0.2) is 34.9 Å². The van der Waals surface area contributed by atoms with Crippen molar-refractivity contribution in [1.29, 1.82) is 0 Å². The van der Waals surface area contributed by atoms with Gasteiger partial charge < -0.3 is 4.74 Å². The van der Waals surface area contributed by atoms with Crippen LogP contribution in [0.1, 0.15) is 5.56 Å². The van der Waals surface area contributed by atoms with Gasteiger partial charge in [0, 0.05) is 6.20 Å². The zero-order chi connectivity index (χ0) is 14.9. The van der Waals surface area contributed by atoms with Crippen molar-refractivity contribution >= 4 is 27.5 Å². The molecule has 0 amide bonds. The fraction of sp³-hybridized carbons (Fsp3) is 0.0833. The summed E-state index contributed by atoms with van der Waals surface area (Å²) in [6.45, 7) is 0. The number of halogens is 6. The molecule has 1 heterocycles. The molecular formula is C12H5BrClF4NO. The molecule has 2 aromatic rings. The first-order chi connectivity index (χ1) is 9.27. The Kier molecular flexibility index (Phi) is 4.19. The number of pyridine rings is 1. The zero-order valence-electron chi connectivity index (χ0n) is 9.51. The number of ether oxygens (including phenoxy) is 1. The Morgan fingerprint density at radius 1 is 1.20 bits per heavy atom. The van der Waals surface area contributed by atoms with Crippen molar-refractivity contribution in [2.45, 2.75) is 6.18 Å². The Morgan fingerprint density at radius 2 is 1.90 bits per heavy atom. The second kappa shape index (κ2) is 5.57. The quantitative estimate of drug-likeness (QED) is 0.656. The maximum absolute atomic E-state index is 12.9. The fourth-order valence-corrected chi connectivity index (χ4v) is 1.95. The molecule has 0 atom stereocenters. The summed E-state index contributed by atoms with van der Waals surface area (Å²) >= 11 is 8.75. The number of rotatable bonds is 2. The van der Waals surface area contributed by atoms with Gasteiger partial charge in [-0.25, -0.2) is 9.37 Å². The van der Waals surface area contributed by atoms with E-state index in [4.69, 9.17) is 16.3 Å². The largest absolute Gasteiger partial charge is 0.436 e. The highest BCUT2D eigenvalue weighted by molar-refractivity contribution is 9.10. The first-order valence-corrected chi connectivity index (χ1v) is 6.30. The summed E-state index contributed by atoms with van der Waals surface area (Å²) in [6, 6.07) is 4.29. The van der Waals surface area contributed by atoms with E-state index in [0.717, 1.165) is 12.1 Å². The van der Waals surface area contributed by atoms with Crippen molar-refractivity contribution in [2.24, 2.45) is 0 Å². The van der Waals surface area contributed by atoms with E-state index in [1.165, 1.54) is 6.07 Å². The van der Waals surface area contributed by atoms with Crippen LogP contribution in [0, 0.1) is 5.82 Å². The third-order valence-corrected chi connectivity index (χ3v) is 3.13. The van der Waals surface area contributed by atoms with Crippen molar-refractivity contribution in [1.82, 2.24) is 4.98 Å². The van der Waals surface area contributed by atoms with E-state index in [2.05, 4.69) is 20.9 Å². The summed E-state index contributed by atoms with van der Waals surface area (Å²) in [4.78, 5) is 3.51. The van der Waals surface area contributed by atoms with E-state index in [0.29, 0.717) is 12.3 Å². The van der Waals surface area contributed by atoms with Crippen LogP contribution in [0.25, 0.3) is 0 Å². The van der Waals surface area contributed by atoms with Gasteiger partial charge in [0.05, 0.1) is 10.0 Å². The Bertz CT molecular complexity index is 648. The molecule has 20 heavy (non-hydrogen) atoms. The molecule has 0 fully saturated rings. The lowest BCUT2D eigenvalue weighted by molar-refractivity contribution is -0.137. The van der Waals surface area contributed by atoms with E-state index >= 15 is 0 Å². The molecule has 0 radical (unpaired) electrons. The van der Waals surface area contributed by atoms with Crippen LogP contribution in [0.2, 0.25) is 5.02 Å². The van der Waals surface area contributed by atoms with Gasteiger partial charge >= 0.3 is 6.18 Å². The third kappa shape index (κ3) is 3.40. The van der Waals surface area contributed by atoms with Gasteiger partial charge in [-0.05, 0) is 40.2 Å². The van der Waals surface area contributed by atoms with Gasteiger partial charge in [0.25, 0.3) is 0 Å². The van der Waals surface area contributed by atoms with Crippen LogP contribution in [0.4, 0.5) is 17.6 Å². The normalized spacial score (nSPS) is 11.5. The minimum atomic E-state index is -4.54. The lowest BCUT2D eigenvalue weighted by Gasteiger charge is -2.11. The molecule has 1 aromatic carbocycles. The summed E-state index contributed by atoms with van der Waals surface area (Å²) < 4.78 is 55.8. The van der Waals surface area contributed by atoms with Gasteiger partial charge in [0.15, 0.2) is 0 Å². The summed E-state index contributed by atoms with van der Waals surface area (Å²) in [7, 11) is 0. The summed E-state index contributed by atoms with van der Waals surface area (Å²) in [5, 5.41) is -0.295. The van der Waals surface area contributed by atoms with Crippen molar-refractivity contribution in [3.63, 3.8) is 0 Å². The Morgan fingerprint density at radius 3 is 2.45 bits per heavy atom. The number of alkyl halides is 3. The van der Waals surface area contributed by atoms with Crippen molar-refractivity contribution in [2.75, 3.05) is 0 Å². The number of hydrogen-bond donors (Lipinski definition) is 0. The second-order valence-corrected chi connectivity index (χ2v) is 4.95. The van der Waals surface area contributed by atoms with Gasteiger partial charge in [-0.15, -0.1) is 0 Å². The molecule has 8 heteroatoms. The van der Waals surface area contributed by atoms with Crippen LogP contribution >= 0.6 is 27.5 Å². The number of benzene rings is 1. The maximum atomic E-state index is 12.9. The zero-order valence-corrected chi connectivity index (χ0v) is 11.9. The molecule has 0 unspecified atom stereocenters. The molecule has 0 spiro atoms. The molecule has 2 rings (SSSR count). The Hall–Kier alpha value is -1.34. The first kappa shape index (κ1) is 15.1.